The van der Waals surface area contributed by atoms with E-state index < -0.39 is 10.0 Å². The van der Waals surface area contributed by atoms with Crippen LogP contribution in [-0.2, 0) is 14.8 Å². The fourth-order valence-corrected chi connectivity index (χ4v) is 7.01. The number of nitrogens with one attached hydrogen (secondary N) is 1. The molecule has 1 N–H and O–H groups in total. The Morgan fingerprint density at radius 3 is 2.33 bits per heavy atom. The van der Waals surface area contributed by atoms with Crippen molar-refractivity contribution >= 4 is 45.1 Å². The molecule has 2 aromatic carbocycles. The monoisotopic (exact) mass is 506 g/mol. The van der Waals surface area contributed by atoms with Gasteiger partial charge in [-0.1, -0.05) is 37.0 Å². The van der Waals surface area contributed by atoms with Crippen LogP contribution in [-0.4, -0.2) is 44.7 Å². The van der Waals surface area contributed by atoms with E-state index in [2.05, 4.69) is 5.32 Å². The molecule has 0 heterocycles. The van der Waals surface area contributed by atoms with E-state index in [1.54, 1.807) is 48.2 Å². The number of carbonyl (C=O) groups is 1. The Kier molecular flexibility index (Phi) is 10.0. The average molecular weight is 507 g/mol. The normalized spacial score (nSPS) is 14.7. The molecule has 2 aromatic rings. The first-order valence-corrected chi connectivity index (χ1v) is 15.2. The van der Waals surface area contributed by atoms with Crippen LogP contribution >= 0.6 is 23.5 Å². The molecule has 33 heavy (non-hydrogen) atoms. The molecular weight excluding hydrogens is 472 g/mol. The molecular formula is C25H34N2O3S3. The molecule has 0 aromatic heterocycles. The Labute approximate surface area is 207 Å². The third-order valence-electron chi connectivity index (χ3n) is 5.81. The van der Waals surface area contributed by atoms with Gasteiger partial charge in [-0.25, -0.2) is 8.42 Å². The highest BCUT2D eigenvalue weighted by molar-refractivity contribution is 7.99. The third kappa shape index (κ3) is 7.69. The van der Waals surface area contributed by atoms with Gasteiger partial charge in [0.25, 0.3) is 10.0 Å². The molecule has 1 fully saturated rings. The van der Waals surface area contributed by atoms with Gasteiger partial charge < -0.3 is 5.32 Å². The second-order valence-corrected chi connectivity index (χ2v) is 12.5. The topological polar surface area (TPSA) is 66.5 Å². The number of hydrogen-bond donors (Lipinski definition) is 1. The van der Waals surface area contributed by atoms with Gasteiger partial charge in [-0.15, -0.1) is 11.8 Å². The fourth-order valence-electron chi connectivity index (χ4n) is 3.87. The lowest BCUT2D eigenvalue weighted by Crippen LogP contribution is -2.41. The Balaban J connectivity index is 1.62. The summed E-state index contributed by atoms with van der Waals surface area (Å²) in [5, 5.41) is 3.67. The van der Waals surface area contributed by atoms with Gasteiger partial charge in [-0.05, 0) is 74.6 Å². The van der Waals surface area contributed by atoms with Gasteiger partial charge in [0.05, 0.1) is 10.6 Å². The molecule has 1 aliphatic rings. The zero-order valence-corrected chi connectivity index (χ0v) is 21.9. The highest BCUT2D eigenvalue weighted by Gasteiger charge is 2.27. The first kappa shape index (κ1) is 26.0. The molecule has 0 bridgehead atoms. The van der Waals surface area contributed by atoms with E-state index in [0.717, 1.165) is 27.9 Å². The van der Waals surface area contributed by atoms with Crippen LogP contribution in [0.4, 0.5) is 5.69 Å². The van der Waals surface area contributed by atoms with Gasteiger partial charge in [-0.3, -0.25) is 9.10 Å². The van der Waals surface area contributed by atoms with Crippen molar-refractivity contribution in [2.75, 3.05) is 29.4 Å². The average Bonchev–Trinajstić information content (AvgIpc) is 2.83. The second kappa shape index (κ2) is 12.7. The Hall–Kier alpha value is -1.64. The van der Waals surface area contributed by atoms with Crippen LogP contribution in [0.2, 0.25) is 0 Å². The van der Waals surface area contributed by atoms with E-state index in [4.69, 9.17) is 0 Å². The predicted molar refractivity (Wildman–Crippen MR) is 141 cm³/mol. The van der Waals surface area contributed by atoms with Crippen molar-refractivity contribution in [1.29, 1.82) is 0 Å². The number of amides is 1. The van der Waals surface area contributed by atoms with Crippen LogP contribution in [0.1, 0.15) is 44.1 Å². The number of hydrogen-bond acceptors (Lipinski definition) is 5. The number of rotatable bonds is 11. The summed E-state index contributed by atoms with van der Waals surface area (Å²) in [5.74, 6) is 0.731. The van der Waals surface area contributed by atoms with Crippen molar-refractivity contribution in [1.82, 2.24) is 5.32 Å². The molecule has 1 aliphatic carbocycles. The number of anilines is 1. The maximum absolute atomic E-state index is 13.4. The molecule has 1 saturated carbocycles. The van der Waals surface area contributed by atoms with Crippen molar-refractivity contribution in [2.45, 2.75) is 60.5 Å². The molecule has 8 heteroatoms. The highest BCUT2D eigenvalue weighted by Crippen LogP contribution is 2.28. The molecule has 1 amide bonds. The summed E-state index contributed by atoms with van der Waals surface area (Å²) in [6.07, 6.45) is 9.46. The summed E-state index contributed by atoms with van der Waals surface area (Å²) in [6, 6.07) is 14.0. The lowest BCUT2D eigenvalue weighted by atomic mass is 10.0. The number of aryl methyl sites for hydroxylation is 1. The van der Waals surface area contributed by atoms with Crippen LogP contribution < -0.4 is 9.62 Å². The molecule has 0 aliphatic heterocycles. The first-order valence-electron chi connectivity index (χ1n) is 11.5. The Bertz CT molecular complexity index is 987. The van der Waals surface area contributed by atoms with E-state index in [9.17, 15) is 13.2 Å². The Morgan fingerprint density at radius 2 is 1.70 bits per heavy atom. The molecule has 0 atom stereocenters. The SMILES string of the molecule is CSc1ccc(S(=O)(=O)N(CC(=O)NCCCSC2CCCCC2)c2ccc(C)cc2)cc1. The van der Waals surface area contributed by atoms with Gasteiger partial charge in [0.2, 0.25) is 5.91 Å². The minimum absolute atomic E-state index is 0.178. The van der Waals surface area contributed by atoms with E-state index in [1.165, 1.54) is 36.4 Å². The summed E-state index contributed by atoms with van der Waals surface area (Å²) < 4.78 is 28.1. The fraction of sp³-hybridized carbons (Fsp3) is 0.480. The molecule has 180 valence electrons. The summed E-state index contributed by atoms with van der Waals surface area (Å²) in [6.45, 7) is 2.26. The summed E-state index contributed by atoms with van der Waals surface area (Å²) in [4.78, 5) is 13.9. The van der Waals surface area contributed by atoms with Gasteiger partial charge in [0, 0.05) is 16.7 Å². The van der Waals surface area contributed by atoms with Crippen molar-refractivity contribution < 1.29 is 13.2 Å². The lowest BCUT2D eigenvalue weighted by molar-refractivity contribution is -0.119. The number of sulfonamides is 1. The lowest BCUT2D eigenvalue weighted by Gasteiger charge is -2.24. The van der Waals surface area contributed by atoms with E-state index in [-0.39, 0.29) is 17.3 Å². The van der Waals surface area contributed by atoms with Crippen LogP contribution in [0.25, 0.3) is 0 Å². The largest absolute Gasteiger partial charge is 0.354 e. The molecule has 3 rings (SSSR count). The zero-order chi connectivity index (χ0) is 23.7. The van der Waals surface area contributed by atoms with Gasteiger partial charge >= 0.3 is 0 Å². The third-order valence-corrected chi connectivity index (χ3v) is 9.80. The number of nitrogens with zero attached hydrogens (tertiary/aromatic N) is 1. The maximum Gasteiger partial charge on any atom is 0.264 e. The molecule has 0 radical (unpaired) electrons. The summed E-state index contributed by atoms with van der Waals surface area (Å²) in [5.41, 5.74) is 1.51. The first-order chi connectivity index (χ1) is 15.9. The second-order valence-electron chi connectivity index (χ2n) is 8.36. The smallest absolute Gasteiger partial charge is 0.264 e. The predicted octanol–water partition coefficient (Wildman–Crippen LogP) is 5.48. The van der Waals surface area contributed by atoms with Gasteiger partial charge in [-0.2, -0.15) is 11.8 Å². The quantitative estimate of drug-likeness (QED) is 0.323. The van der Waals surface area contributed by atoms with Crippen LogP contribution in [0, 0.1) is 6.92 Å². The van der Waals surface area contributed by atoms with E-state index >= 15 is 0 Å². The number of thioether (sulfide) groups is 2. The van der Waals surface area contributed by atoms with Crippen molar-refractivity contribution in [3.05, 3.63) is 54.1 Å². The molecule has 0 spiro atoms. The molecule has 0 saturated heterocycles. The number of carbonyl (C=O) groups excluding carboxylic acids is 1. The Morgan fingerprint density at radius 1 is 1.03 bits per heavy atom. The minimum atomic E-state index is -3.88. The maximum atomic E-state index is 13.4. The highest BCUT2D eigenvalue weighted by atomic mass is 32.2. The standard InChI is InChI=1S/C25H34N2O3S3/c1-20-9-11-21(12-10-20)27(33(29,30)24-15-13-22(31-2)14-16-24)19-25(28)26-17-6-18-32-23-7-4-3-5-8-23/h9-16,23H,3-8,17-19H2,1-2H3,(H,26,28). The van der Waals surface area contributed by atoms with Crippen LogP contribution in [0.5, 0.6) is 0 Å². The van der Waals surface area contributed by atoms with Crippen molar-refractivity contribution in [3.63, 3.8) is 0 Å². The van der Waals surface area contributed by atoms with Crippen LogP contribution in [0.15, 0.2) is 58.3 Å². The summed E-state index contributed by atoms with van der Waals surface area (Å²) in [7, 11) is -3.88. The van der Waals surface area contributed by atoms with E-state index in [1.807, 2.05) is 37.1 Å². The molecule has 5 nitrogen and oxygen atoms in total. The van der Waals surface area contributed by atoms with Crippen LogP contribution in [0.3, 0.4) is 0 Å². The van der Waals surface area contributed by atoms with Crippen molar-refractivity contribution in [2.24, 2.45) is 0 Å². The summed E-state index contributed by atoms with van der Waals surface area (Å²) >= 11 is 3.56. The van der Waals surface area contributed by atoms with Gasteiger partial charge in [0.1, 0.15) is 6.54 Å². The number of benzene rings is 2. The molecule has 0 unspecified atom stereocenters. The minimum Gasteiger partial charge on any atom is -0.354 e. The zero-order valence-electron chi connectivity index (χ0n) is 19.5. The van der Waals surface area contributed by atoms with Gasteiger partial charge in [0.15, 0.2) is 0 Å². The van der Waals surface area contributed by atoms with E-state index in [0.29, 0.717) is 12.2 Å². The van der Waals surface area contributed by atoms with Crippen molar-refractivity contribution in [3.8, 4) is 0 Å².